The van der Waals surface area contributed by atoms with Crippen LogP contribution in [0, 0.1) is 32.1 Å². The quantitative estimate of drug-likeness (QED) is 0.175. The Labute approximate surface area is 228 Å². The smallest absolute Gasteiger partial charge is 0.318 e. The van der Waals surface area contributed by atoms with Crippen molar-refractivity contribution in [2.24, 2.45) is 11.8 Å². The van der Waals surface area contributed by atoms with E-state index in [0.717, 1.165) is 19.8 Å². The molecule has 4 rings (SSSR count). The summed E-state index contributed by atoms with van der Waals surface area (Å²) in [5.74, 6) is -5.82. The highest BCUT2D eigenvalue weighted by Crippen LogP contribution is 2.48. The topological polar surface area (TPSA) is 159 Å². The molecule has 1 saturated heterocycles. The Balaban J connectivity index is 2.03. The van der Waals surface area contributed by atoms with Gasteiger partial charge in [-0.15, -0.1) is 0 Å². The van der Waals surface area contributed by atoms with Crippen LogP contribution < -0.4 is 0 Å². The largest absolute Gasteiger partial charge is 0.468 e. The Hall–Kier alpha value is -4.97. The van der Waals surface area contributed by atoms with Crippen LogP contribution >= 0.6 is 0 Å². The Morgan fingerprint density at radius 2 is 1.20 bits per heavy atom. The Morgan fingerprint density at radius 3 is 1.60 bits per heavy atom. The molecule has 1 aliphatic heterocycles. The number of nitrogens with zero attached hydrogens (tertiary/aromatic N) is 3. The fourth-order valence-electron chi connectivity index (χ4n) is 5.21. The average molecular weight is 548 g/mol. The first kappa shape index (κ1) is 28.0. The first-order valence-corrected chi connectivity index (χ1v) is 12.2. The number of Topliss-reactive ketones (excluding diaryl/α,β-unsaturated/α-hetero) is 1. The van der Waals surface area contributed by atoms with Gasteiger partial charge in [0.25, 0.3) is 11.4 Å². The summed E-state index contributed by atoms with van der Waals surface area (Å²) in [7, 11) is 2.20. The molecule has 12 heteroatoms. The maximum absolute atomic E-state index is 14.0. The lowest BCUT2D eigenvalue weighted by atomic mass is 9.72. The summed E-state index contributed by atoms with van der Waals surface area (Å²) in [6, 6.07) is 17.7. The molecule has 1 fully saturated rings. The molecule has 0 spiro atoms. The number of benzene rings is 3. The number of nitro benzene ring substituents is 2. The van der Waals surface area contributed by atoms with Crippen LogP contribution in [0.5, 0.6) is 0 Å². The monoisotopic (exact) mass is 547 g/mol. The number of methoxy groups -OCH3 is 2. The molecular formula is C28H25N3O9. The molecule has 3 aromatic carbocycles. The van der Waals surface area contributed by atoms with E-state index in [4.69, 9.17) is 9.47 Å². The van der Waals surface area contributed by atoms with E-state index >= 15 is 0 Å². The van der Waals surface area contributed by atoms with E-state index < -0.39 is 51.5 Å². The molecule has 1 aliphatic rings. The highest BCUT2D eigenvalue weighted by Gasteiger charge is 2.56. The van der Waals surface area contributed by atoms with Crippen LogP contribution in [0.1, 0.15) is 28.8 Å². The summed E-state index contributed by atoms with van der Waals surface area (Å²) in [6.45, 7) is 0.0653. The number of esters is 2. The van der Waals surface area contributed by atoms with Crippen LogP contribution in [0.15, 0.2) is 78.9 Å². The lowest BCUT2D eigenvalue weighted by Crippen LogP contribution is -2.55. The summed E-state index contributed by atoms with van der Waals surface area (Å²) in [5.41, 5.74) is 0.709. The molecule has 206 valence electrons. The lowest BCUT2D eigenvalue weighted by molar-refractivity contribution is -0.385. The van der Waals surface area contributed by atoms with Crippen molar-refractivity contribution in [2.75, 3.05) is 14.2 Å². The first-order valence-electron chi connectivity index (χ1n) is 12.2. The number of piperidine rings is 1. The van der Waals surface area contributed by atoms with E-state index in [0.29, 0.717) is 0 Å². The molecule has 0 radical (unpaired) electrons. The molecule has 0 amide bonds. The highest BCUT2D eigenvalue weighted by atomic mass is 16.6. The third-order valence-corrected chi connectivity index (χ3v) is 6.92. The van der Waals surface area contributed by atoms with Crippen LogP contribution in [-0.4, -0.2) is 46.7 Å². The van der Waals surface area contributed by atoms with Gasteiger partial charge < -0.3 is 9.47 Å². The summed E-state index contributed by atoms with van der Waals surface area (Å²) >= 11 is 0. The number of non-ortho nitro benzene ring substituents is 2. The first-order chi connectivity index (χ1) is 19.2. The van der Waals surface area contributed by atoms with Gasteiger partial charge in [0.15, 0.2) is 5.78 Å². The van der Waals surface area contributed by atoms with Gasteiger partial charge in [0.1, 0.15) is 11.8 Å². The Bertz CT molecular complexity index is 1370. The van der Waals surface area contributed by atoms with Gasteiger partial charge in [0.05, 0.1) is 36.1 Å². The van der Waals surface area contributed by atoms with E-state index in [2.05, 4.69) is 0 Å². The summed E-state index contributed by atoms with van der Waals surface area (Å²) < 4.78 is 9.96. The summed E-state index contributed by atoms with van der Waals surface area (Å²) in [6.07, 6.45) is 0. The minimum atomic E-state index is -1.56. The van der Waals surface area contributed by atoms with Gasteiger partial charge in [-0.3, -0.25) is 39.5 Å². The number of likely N-dealkylation sites (tertiary alicyclic amines) is 1. The third-order valence-electron chi connectivity index (χ3n) is 6.92. The minimum Gasteiger partial charge on any atom is -0.468 e. The lowest BCUT2D eigenvalue weighted by Gasteiger charge is -2.47. The van der Waals surface area contributed by atoms with E-state index in [-0.39, 0.29) is 29.0 Å². The van der Waals surface area contributed by atoms with Crippen molar-refractivity contribution in [1.82, 2.24) is 4.90 Å². The molecule has 0 N–H and O–H groups in total. The number of ether oxygens (including phenoxy) is 2. The van der Waals surface area contributed by atoms with Crippen molar-refractivity contribution < 1.29 is 33.7 Å². The van der Waals surface area contributed by atoms with Crippen LogP contribution in [-0.2, 0) is 30.4 Å². The number of rotatable bonds is 8. The third kappa shape index (κ3) is 5.43. The molecule has 3 aromatic rings. The van der Waals surface area contributed by atoms with Gasteiger partial charge in [-0.2, -0.15) is 0 Å². The van der Waals surface area contributed by atoms with Gasteiger partial charge in [0.2, 0.25) is 0 Å². The maximum Gasteiger partial charge on any atom is 0.318 e. The predicted molar refractivity (Wildman–Crippen MR) is 140 cm³/mol. The highest BCUT2D eigenvalue weighted by molar-refractivity contribution is 6.10. The fraction of sp³-hybridized carbons (Fsp3) is 0.250. The molecule has 0 bridgehead atoms. The second kappa shape index (κ2) is 11.8. The van der Waals surface area contributed by atoms with E-state index in [9.17, 15) is 34.6 Å². The minimum absolute atomic E-state index is 0.0653. The molecule has 1 heterocycles. The molecule has 12 nitrogen and oxygen atoms in total. The molecule has 0 saturated carbocycles. The number of ketones is 1. The predicted octanol–water partition coefficient (Wildman–Crippen LogP) is 3.95. The fourth-order valence-corrected chi connectivity index (χ4v) is 5.21. The Kier molecular flexibility index (Phi) is 8.29. The van der Waals surface area contributed by atoms with Crippen LogP contribution in [0.4, 0.5) is 11.4 Å². The van der Waals surface area contributed by atoms with Crippen molar-refractivity contribution in [3.05, 3.63) is 116 Å². The maximum atomic E-state index is 14.0. The van der Waals surface area contributed by atoms with E-state index in [1.54, 1.807) is 47.4 Å². The number of carbonyl (C=O) groups excluding carboxylic acids is 3. The van der Waals surface area contributed by atoms with Crippen molar-refractivity contribution >= 4 is 29.1 Å². The molecule has 40 heavy (non-hydrogen) atoms. The number of carbonyl (C=O) groups is 3. The van der Waals surface area contributed by atoms with Crippen LogP contribution in [0.2, 0.25) is 0 Å². The standard InChI is InChI=1S/C28H25N3O9/c1-39-27(33)22-24(18-10-6-12-20(14-18)30(35)36)29(16-17-8-4-3-5-9-17)25(23(26(22)32)28(34)40-2)19-11-7-13-21(15-19)31(37)38/h3-15,22-25H,16H2,1-2H3/t22?,23?,24-,25+. The van der Waals surface area contributed by atoms with Gasteiger partial charge in [-0.1, -0.05) is 54.6 Å². The zero-order valence-electron chi connectivity index (χ0n) is 21.5. The van der Waals surface area contributed by atoms with Crippen molar-refractivity contribution in [1.29, 1.82) is 0 Å². The van der Waals surface area contributed by atoms with E-state index in [1.807, 2.05) is 0 Å². The van der Waals surface area contributed by atoms with Gasteiger partial charge >= 0.3 is 11.9 Å². The number of hydrogen-bond donors (Lipinski definition) is 0. The van der Waals surface area contributed by atoms with Crippen LogP contribution in [0.25, 0.3) is 0 Å². The summed E-state index contributed by atoms with van der Waals surface area (Å²) in [4.78, 5) is 64.1. The number of hydrogen-bond acceptors (Lipinski definition) is 10. The molecule has 4 atom stereocenters. The van der Waals surface area contributed by atoms with Gasteiger partial charge in [0, 0.05) is 30.8 Å². The normalized spacial score (nSPS) is 20.9. The van der Waals surface area contributed by atoms with Gasteiger partial charge in [-0.05, 0) is 16.7 Å². The molecular weight excluding hydrogens is 522 g/mol. The average Bonchev–Trinajstić information content (AvgIpc) is 2.97. The summed E-state index contributed by atoms with van der Waals surface area (Å²) in [5, 5.41) is 23.2. The number of nitro groups is 2. The molecule has 2 unspecified atom stereocenters. The molecule has 0 aliphatic carbocycles. The Morgan fingerprint density at radius 1 is 0.750 bits per heavy atom. The second-order valence-corrected chi connectivity index (χ2v) is 9.16. The van der Waals surface area contributed by atoms with Crippen molar-refractivity contribution in [3.63, 3.8) is 0 Å². The zero-order chi connectivity index (χ0) is 29.0. The van der Waals surface area contributed by atoms with E-state index in [1.165, 1.54) is 36.4 Å². The zero-order valence-corrected chi connectivity index (χ0v) is 21.5. The van der Waals surface area contributed by atoms with Crippen molar-refractivity contribution in [3.8, 4) is 0 Å². The second-order valence-electron chi connectivity index (χ2n) is 9.16. The van der Waals surface area contributed by atoms with Crippen LogP contribution in [0.3, 0.4) is 0 Å². The SMILES string of the molecule is COC(=O)C1C(=O)C(C(=O)OC)[C@H](c2cccc([N+](=O)[O-])c2)N(Cc2ccccc2)[C@@H]1c1cccc([N+](=O)[O-])c1. The molecule has 0 aromatic heterocycles. The van der Waals surface area contributed by atoms with Gasteiger partial charge in [-0.25, -0.2) is 0 Å². The van der Waals surface area contributed by atoms with Crippen molar-refractivity contribution in [2.45, 2.75) is 18.6 Å².